The van der Waals surface area contributed by atoms with E-state index in [9.17, 15) is 0 Å². The van der Waals surface area contributed by atoms with Crippen LogP contribution in [-0.2, 0) is 13.1 Å². The quantitative estimate of drug-likeness (QED) is 0.246. The average Bonchev–Trinajstić information content (AvgIpc) is 3.20. The first-order chi connectivity index (χ1) is 13.7. The van der Waals surface area contributed by atoms with Crippen molar-refractivity contribution >= 4 is 41.5 Å². The highest BCUT2D eigenvalue weighted by Gasteiger charge is 2.07. The third kappa shape index (κ3) is 6.90. The minimum atomic E-state index is 0. The fourth-order valence-corrected chi connectivity index (χ4v) is 2.64. The summed E-state index contributed by atoms with van der Waals surface area (Å²) in [5.41, 5.74) is 2.01. The Morgan fingerprint density at radius 3 is 2.48 bits per heavy atom. The van der Waals surface area contributed by atoms with Gasteiger partial charge in [-0.05, 0) is 48.9 Å². The predicted molar refractivity (Wildman–Crippen MR) is 127 cm³/mol. The molecule has 2 aromatic carbocycles. The number of halogens is 2. The molecule has 0 saturated carbocycles. The van der Waals surface area contributed by atoms with Crippen LogP contribution in [0.3, 0.4) is 0 Å². The highest BCUT2D eigenvalue weighted by atomic mass is 127. The van der Waals surface area contributed by atoms with Gasteiger partial charge in [0.25, 0.3) is 0 Å². The summed E-state index contributed by atoms with van der Waals surface area (Å²) < 4.78 is 5.17. The summed E-state index contributed by atoms with van der Waals surface area (Å²) >= 11 is 5.92. The molecule has 0 saturated heterocycles. The maximum Gasteiger partial charge on any atom is 0.191 e. The van der Waals surface area contributed by atoms with Gasteiger partial charge in [0.15, 0.2) is 11.8 Å². The van der Waals surface area contributed by atoms with Gasteiger partial charge in [-0.25, -0.2) is 9.98 Å². The molecular formula is C20H24ClIN6O. The fourth-order valence-electron chi connectivity index (χ4n) is 2.51. The molecule has 0 fully saturated rings. The summed E-state index contributed by atoms with van der Waals surface area (Å²) in [6.45, 7) is 3.82. The number of benzene rings is 2. The molecule has 7 nitrogen and oxygen atoms in total. The zero-order chi connectivity index (χ0) is 19.8. The molecule has 3 N–H and O–H groups in total. The van der Waals surface area contributed by atoms with Gasteiger partial charge in [0.05, 0.1) is 20.2 Å². The van der Waals surface area contributed by atoms with Crippen molar-refractivity contribution < 1.29 is 4.74 Å². The molecule has 0 amide bonds. The highest BCUT2D eigenvalue weighted by molar-refractivity contribution is 14.0. The molecule has 29 heavy (non-hydrogen) atoms. The number of aromatic nitrogens is 3. The Morgan fingerprint density at radius 1 is 1.10 bits per heavy atom. The molecule has 0 aliphatic heterocycles. The van der Waals surface area contributed by atoms with Crippen LogP contribution < -0.4 is 15.4 Å². The largest absolute Gasteiger partial charge is 0.497 e. The first kappa shape index (κ1) is 23.0. The second-order valence-corrected chi connectivity index (χ2v) is 6.45. The first-order valence-electron chi connectivity index (χ1n) is 9.00. The molecule has 0 aliphatic carbocycles. The molecule has 0 bridgehead atoms. The Labute approximate surface area is 192 Å². The van der Waals surface area contributed by atoms with Crippen LogP contribution in [-0.4, -0.2) is 34.8 Å². The summed E-state index contributed by atoms with van der Waals surface area (Å²) in [5.74, 6) is 2.87. The number of guanidine groups is 1. The van der Waals surface area contributed by atoms with E-state index in [1.165, 1.54) is 0 Å². The van der Waals surface area contributed by atoms with E-state index in [0.717, 1.165) is 34.3 Å². The van der Waals surface area contributed by atoms with Crippen LogP contribution in [0.1, 0.15) is 18.3 Å². The second-order valence-electron chi connectivity index (χ2n) is 6.01. The maximum absolute atomic E-state index is 5.92. The molecule has 0 spiro atoms. The second kappa shape index (κ2) is 11.6. The van der Waals surface area contributed by atoms with Crippen LogP contribution >= 0.6 is 35.6 Å². The zero-order valence-electron chi connectivity index (χ0n) is 16.3. The molecule has 3 rings (SSSR count). The summed E-state index contributed by atoms with van der Waals surface area (Å²) in [7, 11) is 1.64. The Morgan fingerprint density at radius 2 is 1.83 bits per heavy atom. The van der Waals surface area contributed by atoms with E-state index in [1.807, 2.05) is 55.5 Å². The van der Waals surface area contributed by atoms with E-state index in [-0.39, 0.29) is 24.0 Å². The van der Waals surface area contributed by atoms with Gasteiger partial charge < -0.3 is 15.4 Å². The van der Waals surface area contributed by atoms with Gasteiger partial charge in [0.2, 0.25) is 0 Å². The summed E-state index contributed by atoms with van der Waals surface area (Å²) in [5, 5.41) is 14.4. The van der Waals surface area contributed by atoms with Gasteiger partial charge in [0.1, 0.15) is 11.6 Å². The Balaban J connectivity index is 0.00000300. The lowest BCUT2D eigenvalue weighted by Gasteiger charge is -2.10. The molecule has 0 aliphatic rings. The number of aromatic amines is 1. The minimum Gasteiger partial charge on any atom is -0.497 e. The molecular weight excluding hydrogens is 503 g/mol. The third-order valence-corrected chi connectivity index (χ3v) is 4.23. The van der Waals surface area contributed by atoms with Gasteiger partial charge in [-0.15, -0.1) is 24.0 Å². The van der Waals surface area contributed by atoms with Crippen molar-refractivity contribution in [2.24, 2.45) is 4.99 Å². The number of methoxy groups -OCH3 is 1. The monoisotopic (exact) mass is 526 g/mol. The van der Waals surface area contributed by atoms with Crippen molar-refractivity contribution in [1.82, 2.24) is 25.8 Å². The number of aliphatic imine (C=N–C) groups is 1. The molecule has 1 heterocycles. The van der Waals surface area contributed by atoms with E-state index < -0.39 is 0 Å². The Bertz CT molecular complexity index is 911. The molecule has 1 aromatic heterocycles. The van der Waals surface area contributed by atoms with Crippen molar-refractivity contribution in [2.45, 2.75) is 20.0 Å². The van der Waals surface area contributed by atoms with Crippen LogP contribution in [0.15, 0.2) is 53.5 Å². The minimum absolute atomic E-state index is 0. The van der Waals surface area contributed by atoms with Gasteiger partial charge in [-0.1, -0.05) is 23.7 Å². The van der Waals surface area contributed by atoms with Crippen molar-refractivity contribution in [3.8, 4) is 17.1 Å². The van der Waals surface area contributed by atoms with Crippen molar-refractivity contribution in [2.75, 3.05) is 13.7 Å². The van der Waals surface area contributed by atoms with Crippen LogP contribution in [0.5, 0.6) is 5.75 Å². The van der Waals surface area contributed by atoms with Gasteiger partial charge in [-0.2, -0.15) is 5.10 Å². The molecule has 9 heteroatoms. The normalized spacial score (nSPS) is 10.9. The Kier molecular flexibility index (Phi) is 9.20. The van der Waals surface area contributed by atoms with Crippen molar-refractivity contribution in [3.63, 3.8) is 0 Å². The summed E-state index contributed by atoms with van der Waals surface area (Å²) in [4.78, 5) is 9.12. The van der Waals surface area contributed by atoms with Gasteiger partial charge in [-0.3, -0.25) is 5.10 Å². The predicted octanol–water partition coefficient (Wildman–Crippen LogP) is 4.01. The summed E-state index contributed by atoms with van der Waals surface area (Å²) in [6.07, 6.45) is 0. The lowest BCUT2D eigenvalue weighted by molar-refractivity contribution is 0.415. The summed E-state index contributed by atoms with van der Waals surface area (Å²) in [6, 6.07) is 15.3. The molecule has 154 valence electrons. The number of nitrogens with zero attached hydrogens (tertiary/aromatic N) is 3. The van der Waals surface area contributed by atoms with E-state index in [2.05, 4.69) is 30.8 Å². The SMILES string of the molecule is CCNC(=NCc1ccc(Cl)cc1)NCc1nc(-c2ccc(OC)cc2)n[nH]1.I. The number of H-pyrrole nitrogens is 1. The average molecular weight is 527 g/mol. The first-order valence-corrected chi connectivity index (χ1v) is 9.38. The van der Waals surface area contributed by atoms with Crippen LogP contribution in [0.2, 0.25) is 5.02 Å². The number of hydrogen-bond donors (Lipinski definition) is 3. The molecule has 3 aromatic rings. The van der Waals surface area contributed by atoms with Crippen molar-refractivity contribution in [1.29, 1.82) is 0 Å². The van der Waals surface area contributed by atoms with Crippen LogP contribution in [0.4, 0.5) is 0 Å². The number of rotatable bonds is 7. The fraction of sp³-hybridized carbons (Fsp3) is 0.250. The van der Waals surface area contributed by atoms with E-state index in [1.54, 1.807) is 7.11 Å². The molecule has 0 atom stereocenters. The van der Waals surface area contributed by atoms with E-state index >= 15 is 0 Å². The van der Waals surface area contributed by atoms with Crippen LogP contribution in [0, 0.1) is 0 Å². The van der Waals surface area contributed by atoms with Gasteiger partial charge in [0, 0.05) is 17.1 Å². The van der Waals surface area contributed by atoms with E-state index in [0.29, 0.717) is 24.9 Å². The standard InChI is InChI=1S/C20H23ClN6O.HI/c1-3-22-20(23-12-14-4-8-16(21)9-5-14)24-13-18-25-19(27-26-18)15-6-10-17(28-2)11-7-15;/h4-11H,3,12-13H2,1-2H3,(H2,22,23,24)(H,25,26,27);1H. The van der Waals surface area contributed by atoms with Crippen molar-refractivity contribution in [3.05, 3.63) is 64.9 Å². The highest BCUT2D eigenvalue weighted by Crippen LogP contribution is 2.18. The van der Waals surface area contributed by atoms with Crippen LogP contribution in [0.25, 0.3) is 11.4 Å². The van der Waals surface area contributed by atoms with Gasteiger partial charge >= 0.3 is 0 Å². The number of hydrogen-bond acceptors (Lipinski definition) is 4. The lowest BCUT2D eigenvalue weighted by Crippen LogP contribution is -2.37. The molecule has 0 radical (unpaired) electrons. The Hall–Kier alpha value is -2.33. The lowest BCUT2D eigenvalue weighted by atomic mass is 10.2. The number of nitrogens with one attached hydrogen (secondary N) is 3. The smallest absolute Gasteiger partial charge is 0.191 e. The molecule has 0 unspecified atom stereocenters. The van der Waals surface area contributed by atoms with E-state index in [4.69, 9.17) is 16.3 Å². The third-order valence-electron chi connectivity index (χ3n) is 3.98. The maximum atomic E-state index is 5.92. The number of ether oxygens (including phenoxy) is 1. The zero-order valence-corrected chi connectivity index (χ0v) is 19.4. The topological polar surface area (TPSA) is 87.2 Å².